The van der Waals surface area contributed by atoms with Gasteiger partial charge in [0.25, 0.3) is 9.05 Å². The molecule has 1 aromatic heterocycles. The van der Waals surface area contributed by atoms with Crippen molar-refractivity contribution >= 4 is 42.7 Å². The van der Waals surface area contributed by atoms with E-state index >= 15 is 0 Å². The summed E-state index contributed by atoms with van der Waals surface area (Å²) in [5.41, 5.74) is 0.123. The molecule has 0 atom stereocenters. The van der Waals surface area contributed by atoms with Crippen LogP contribution in [0.2, 0.25) is 4.47 Å². The molecule has 1 fully saturated rings. The van der Waals surface area contributed by atoms with Crippen molar-refractivity contribution < 1.29 is 17.9 Å². The Balaban J connectivity index is 2.46. The molecule has 0 amide bonds. The quantitative estimate of drug-likeness (QED) is 0.777. The van der Waals surface area contributed by atoms with E-state index in [1.165, 1.54) is 0 Å². The molecule has 1 saturated heterocycles. The second-order valence-corrected chi connectivity index (χ2v) is 6.99. The summed E-state index contributed by atoms with van der Waals surface area (Å²) in [6.07, 6.45) is -0.794. The Bertz CT molecular complexity index is 465. The van der Waals surface area contributed by atoms with Gasteiger partial charge in [0.15, 0.2) is 8.68 Å². The maximum absolute atomic E-state index is 11.2. The molecule has 0 N–H and O–H groups in total. The van der Waals surface area contributed by atoms with Crippen LogP contribution < -0.4 is 0 Å². The molecule has 15 heavy (non-hydrogen) atoms. The lowest BCUT2D eigenvalue weighted by molar-refractivity contribution is -0.0487. The lowest BCUT2D eigenvalue weighted by atomic mass is 10.5. The van der Waals surface area contributed by atoms with Crippen LogP contribution in [0.3, 0.4) is 0 Å². The van der Waals surface area contributed by atoms with Gasteiger partial charge in [-0.15, -0.1) is 0 Å². The maximum Gasteiger partial charge on any atom is 0.272 e. The summed E-state index contributed by atoms with van der Waals surface area (Å²) in [7, 11) is 1.36. The van der Waals surface area contributed by atoms with Crippen molar-refractivity contribution in [2.75, 3.05) is 13.2 Å². The van der Waals surface area contributed by atoms with Gasteiger partial charge in [-0.1, -0.05) is 22.9 Å². The zero-order valence-electron chi connectivity index (χ0n) is 7.14. The van der Waals surface area contributed by atoms with Crippen molar-refractivity contribution in [3.05, 3.63) is 10.2 Å². The van der Waals surface area contributed by atoms with Gasteiger partial charge in [-0.05, 0) is 0 Å². The van der Waals surface area contributed by atoms with E-state index in [-0.39, 0.29) is 14.4 Å². The summed E-state index contributed by atoms with van der Waals surface area (Å²) in [5, 5.41) is 0. The molecule has 0 bridgehead atoms. The third kappa shape index (κ3) is 2.43. The van der Waals surface area contributed by atoms with E-state index in [1.54, 1.807) is 0 Å². The Labute approximate surface area is 99.3 Å². The molecule has 0 saturated carbocycles. The zero-order chi connectivity index (χ0) is 11.1. The fourth-order valence-electron chi connectivity index (χ4n) is 1.13. The van der Waals surface area contributed by atoms with Crippen molar-refractivity contribution in [2.45, 2.75) is 10.5 Å². The number of nitrogens with zero attached hydrogens (tertiary/aromatic N) is 1. The van der Waals surface area contributed by atoms with Gasteiger partial charge in [0, 0.05) is 10.7 Å². The monoisotopic (exact) mass is 289 g/mol. The first-order valence-corrected chi connectivity index (χ1v) is 7.33. The van der Waals surface area contributed by atoms with Crippen LogP contribution in [0.15, 0.2) is 4.21 Å². The van der Waals surface area contributed by atoms with Gasteiger partial charge < -0.3 is 9.47 Å². The van der Waals surface area contributed by atoms with Gasteiger partial charge >= 0.3 is 0 Å². The highest BCUT2D eigenvalue weighted by Crippen LogP contribution is 2.36. The Morgan fingerprint density at radius 1 is 1.40 bits per heavy atom. The fraction of sp³-hybridized carbons (Fsp3) is 0.500. The van der Waals surface area contributed by atoms with Crippen LogP contribution in [0.1, 0.15) is 12.0 Å². The minimum Gasteiger partial charge on any atom is -0.345 e. The Kier molecular flexibility index (Phi) is 3.20. The summed E-state index contributed by atoms with van der Waals surface area (Å²) in [5.74, 6) is 0. The molecule has 1 aliphatic heterocycles. The second kappa shape index (κ2) is 4.15. The number of hydrogen-bond acceptors (Lipinski definition) is 6. The van der Waals surface area contributed by atoms with E-state index < -0.39 is 15.3 Å². The average Bonchev–Trinajstić information content (AvgIpc) is 2.68. The molecule has 0 unspecified atom stereocenters. The molecular weight excluding hydrogens is 285 g/mol. The van der Waals surface area contributed by atoms with E-state index in [9.17, 15) is 8.42 Å². The Morgan fingerprint density at radius 3 is 2.53 bits per heavy atom. The largest absolute Gasteiger partial charge is 0.345 e. The molecule has 1 aromatic rings. The highest BCUT2D eigenvalue weighted by molar-refractivity contribution is 8.15. The number of hydrogen-bond donors (Lipinski definition) is 0. The van der Waals surface area contributed by atoms with Crippen molar-refractivity contribution in [1.82, 2.24) is 4.98 Å². The topological polar surface area (TPSA) is 65.5 Å². The summed E-state index contributed by atoms with van der Waals surface area (Å²) in [6.45, 7) is 0.781. The van der Waals surface area contributed by atoms with Crippen molar-refractivity contribution in [3.8, 4) is 0 Å². The van der Waals surface area contributed by atoms with Crippen LogP contribution in [0.25, 0.3) is 0 Å². The average molecular weight is 290 g/mol. The van der Waals surface area contributed by atoms with Crippen molar-refractivity contribution in [2.24, 2.45) is 0 Å². The number of rotatable bonds is 2. The van der Waals surface area contributed by atoms with E-state index in [1.807, 2.05) is 0 Å². The van der Waals surface area contributed by atoms with Gasteiger partial charge in [0.1, 0.15) is 5.69 Å². The lowest BCUT2D eigenvalue weighted by Gasteiger charge is -2.06. The summed E-state index contributed by atoms with van der Waals surface area (Å²) < 4.78 is 32.6. The third-order valence-electron chi connectivity index (χ3n) is 1.66. The molecule has 0 radical (unpaired) electrons. The van der Waals surface area contributed by atoms with Gasteiger partial charge in [-0.2, -0.15) is 0 Å². The smallest absolute Gasteiger partial charge is 0.272 e. The van der Waals surface area contributed by atoms with Crippen LogP contribution in [-0.2, 0) is 18.5 Å². The van der Waals surface area contributed by atoms with E-state index in [0.717, 1.165) is 11.3 Å². The first-order valence-electron chi connectivity index (χ1n) is 3.82. The summed E-state index contributed by atoms with van der Waals surface area (Å²) in [6, 6.07) is 0. The molecule has 84 valence electrons. The van der Waals surface area contributed by atoms with Crippen LogP contribution >= 0.6 is 33.6 Å². The number of aromatic nitrogens is 1. The maximum atomic E-state index is 11.2. The van der Waals surface area contributed by atoms with Crippen LogP contribution in [-0.4, -0.2) is 26.6 Å². The van der Waals surface area contributed by atoms with Gasteiger partial charge in [-0.25, -0.2) is 13.4 Å². The first kappa shape index (κ1) is 11.6. The SMILES string of the molecule is O=S(=O)(Cl)c1sc(Cl)nc1C1OCCO1. The number of ether oxygens (including phenoxy) is 2. The normalized spacial score (nSPS) is 18.5. The highest BCUT2D eigenvalue weighted by atomic mass is 35.7. The van der Waals surface area contributed by atoms with Gasteiger partial charge in [0.2, 0.25) is 6.29 Å². The summed E-state index contributed by atoms with van der Waals surface area (Å²) in [4.78, 5) is 3.83. The molecule has 1 aliphatic rings. The minimum absolute atomic E-state index is 0.0864. The molecule has 0 aromatic carbocycles. The van der Waals surface area contributed by atoms with Crippen molar-refractivity contribution in [3.63, 3.8) is 0 Å². The second-order valence-electron chi connectivity index (χ2n) is 2.65. The molecule has 5 nitrogen and oxygen atoms in total. The molecule has 0 spiro atoms. The van der Waals surface area contributed by atoms with E-state index in [2.05, 4.69) is 4.98 Å². The molecule has 0 aliphatic carbocycles. The van der Waals surface area contributed by atoms with Crippen LogP contribution in [0.4, 0.5) is 0 Å². The predicted octanol–water partition coefficient (Wildman–Crippen LogP) is 1.77. The molecule has 9 heteroatoms. The first-order chi connectivity index (χ1) is 6.98. The van der Waals surface area contributed by atoms with Gasteiger partial charge in [0.05, 0.1) is 13.2 Å². The third-order valence-corrected chi connectivity index (χ3v) is 4.93. The van der Waals surface area contributed by atoms with Gasteiger partial charge in [-0.3, -0.25) is 0 Å². The minimum atomic E-state index is -3.87. The lowest BCUT2D eigenvalue weighted by Crippen LogP contribution is -2.03. The molecule has 2 rings (SSSR count). The van der Waals surface area contributed by atoms with E-state index in [0.29, 0.717) is 13.2 Å². The standard InChI is InChI=1S/C6H5Cl2NO4S2/c7-6-9-3(4-12-1-2-13-4)5(14-6)15(8,10)11/h4H,1-2H2. The van der Waals surface area contributed by atoms with Crippen LogP contribution in [0.5, 0.6) is 0 Å². The number of thiazole rings is 1. The van der Waals surface area contributed by atoms with E-state index in [4.69, 9.17) is 31.8 Å². The number of halogens is 2. The highest BCUT2D eigenvalue weighted by Gasteiger charge is 2.30. The fourth-order valence-corrected chi connectivity index (χ4v) is 3.68. The Morgan fingerprint density at radius 2 is 2.00 bits per heavy atom. The predicted molar refractivity (Wildman–Crippen MR) is 54.8 cm³/mol. The summed E-state index contributed by atoms with van der Waals surface area (Å²) >= 11 is 6.41. The Hall–Kier alpha value is 0.0800. The zero-order valence-corrected chi connectivity index (χ0v) is 10.3. The molecule has 2 heterocycles. The van der Waals surface area contributed by atoms with Crippen LogP contribution in [0, 0.1) is 0 Å². The van der Waals surface area contributed by atoms with Crippen molar-refractivity contribution in [1.29, 1.82) is 0 Å². The molecular formula is C6H5Cl2NO4S2.